The standard InChI is InChI=1S/C28H32O8/c1-7-9-11-13-16(29)18-20-21(28(6)22(31)15(3)24(33)36-28)19(17(30)14-12-10-8-2)26(4,23(18)32)25(34)27(20,5)35/h7-14,19-21,29,31,35H,1-6H3/b9-7+,10-8+,13-11+,14-12+,18-16+/t19-,20-,21-,26-,27-,28+/m1/s1. The molecule has 0 amide bonds. The molecule has 6 atom stereocenters. The fraction of sp³-hybridized carbons (Fsp3) is 0.429. The minimum Gasteiger partial charge on any atom is -0.508 e. The first-order valence-electron chi connectivity index (χ1n) is 11.7. The van der Waals surface area contributed by atoms with Gasteiger partial charge in [0.05, 0.1) is 5.57 Å². The second-order valence-corrected chi connectivity index (χ2v) is 9.93. The van der Waals surface area contributed by atoms with E-state index in [0.29, 0.717) is 0 Å². The molecule has 1 heterocycles. The lowest BCUT2D eigenvalue weighted by molar-refractivity contribution is -0.203. The summed E-state index contributed by atoms with van der Waals surface area (Å²) >= 11 is 0. The van der Waals surface area contributed by atoms with Gasteiger partial charge in [0.1, 0.15) is 22.5 Å². The van der Waals surface area contributed by atoms with Crippen LogP contribution in [0.25, 0.3) is 0 Å². The molecule has 0 unspecified atom stereocenters. The molecule has 0 saturated heterocycles. The van der Waals surface area contributed by atoms with Crippen LogP contribution in [0.15, 0.2) is 71.3 Å². The summed E-state index contributed by atoms with van der Waals surface area (Å²) in [5.41, 5.74) is -6.53. The third kappa shape index (κ3) is 3.63. The van der Waals surface area contributed by atoms with Gasteiger partial charge in [-0.3, -0.25) is 14.4 Å². The molecule has 0 aromatic carbocycles. The average molecular weight is 497 g/mol. The third-order valence-corrected chi connectivity index (χ3v) is 7.68. The number of aliphatic hydroxyl groups excluding tert-OH is 2. The lowest BCUT2D eigenvalue weighted by Gasteiger charge is -2.60. The normalized spacial score (nSPS) is 38.4. The minimum absolute atomic E-state index is 0.0835. The molecular formula is C28H32O8. The number of ether oxygens (including phenoxy) is 1. The Morgan fingerprint density at radius 2 is 1.53 bits per heavy atom. The van der Waals surface area contributed by atoms with Gasteiger partial charge < -0.3 is 20.1 Å². The molecule has 8 heteroatoms. The quantitative estimate of drug-likeness (QED) is 0.167. The van der Waals surface area contributed by atoms with Crippen LogP contribution >= 0.6 is 0 Å². The molecular weight excluding hydrogens is 464 g/mol. The van der Waals surface area contributed by atoms with Crippen molar-refractivity contribution in [3.63, 3.8) is 0 Å². The Morgan fingerprint density at radius 1 is 0.972 bits per heavy atom. The van der Waals surface area contributed by atoms with E-state index in [1.807, 2.05) is 0 Å². The van der Waals surface area contributed by atoms with Gasteiger partial charge in [-0.2, -0.15) is 0 Å². The van der Waals surface area contributed by atoms with E-state index < -0.39 is 69.2 Å². The third-order valence-electron chi connectivity index (χ3n) is 7.68. The number of ketones is 3. The molecule has 3 N–H and O–H groups in total. The van der Waals surface area contributed by atoms with Gasteiger partial charge in [0, 0.05) is 23.3 Å². The molecule has 4 rings (SSSR count). The number of aliphatic hydroxyl groups is 3. The molecule has 1 aliphatic heterocycles. The van der Waals surface area contributed by atoms with Crippen LogP contribution in [-0.2, 0) is 23.9 Å². The first-order valence-corrected chi connectivity index (χ1v) is 11.7. The highest BCUT2D eigenvalue weighted by atomic mass is 16.6. The van der Waals surface area contributed by atoms with Gasteiger partial charge in [0.2, 0.25) is 0 Å². The van der Waals surface area contributed by atoms with Gasteiger partial charge in [0.25, 0.3) is 0 Å². The molecule has 192 valence electrons. The lowest BCUT2D eigenvalue weighted by atomic mass is 9.40. The largest absolute Gasteiger partial charge is 0.508 e. The van der Waals surface area contributed by atoms with Crippen LogP contribution in [0, 0.1) is 23.2 Å². The maximum atomic E-state index is 13.8. The number of allylic oxidation sites excluding steroid dienone is 8. The van der Waals surface area contributed by atoms with Crippen LogP contribution in [0.1, 0.15) is 41.5 Å². The zero-order chi connectivity index (χ0) is 27.2. The number of hydrogen-bond donors (Lipinski definition) is 3. The Labute approximate surface area is 210 Å². The predicted octanol–water partition coefficient (Wildman–Crippen LogP) is 3.55. The Kier molecular flexibility index (Phi) is 6.89. The topological polar surface area (TPSA) is 138 Å². The maximum Gasteiger partial charge on any atom is 0.338 e. The smallest absolute Gasteiger partial charge is 0.338 e. The second kappa shape index (κ2) is 9.17. The van der Waals surface area contributed by atoms with Gasteiger partial charge >= 0.3 is 5.97 Å². The van der Waals surface area contributed by atoms with Crippen molar-refractivity contribution in [1.82, 2.24) is 0 Å². The predicted molar refractivity (Wildman–Crippen MR) is 132 cm³/mol. The van der Waals surface area contributed by atoms with E-state index in [1.54, 1.807) is 38.2 Å². The molecule has 8 nitrogen and oxygen atoms in total. The van der Waals surface area contributed by atoms with Gasteiger partial charge in [-0.05, 0) is 53.7 Å². The van der Waals surface area contributed by atoms with E-state index in [4.69, 9.17) is 4.74 Å². The fourth-order valence-electron chi connectivity index (χ4n) is 5.93. The number of cyclic esters (lactones) is 1. The molecule has 2 bridgehead atoms. The summed E-state index contributed by atoms with van der Waals surface area (Å²) < 4.78 is 5.59. The average Bonchev–Trinajstić information content (AvgIpc) is 3.01. The van der Waals surface area contributed by atoms with E-state index in [9.17, 15) is 34.5 Å². The highest BCUT2D eigenvalue weighted by molar-refractivity contribution is 6.24. The van der Waals surface area contributed by atoms with Gasteiger partial charge in [-0.25, -0.2) is 4.79 Å². The molecule has 0 aromatic heterocycles. The SMILES string of the molecule is C/C=C/C=C/C(=O)[C@@H]1[C@@H]([C@]2(C)OC(=O)C(C)=C2O)[C@H]2/C(=C(O)/C=C/C=C/C)C(=O)[C@]1(C)C(=O)[C@]2(C)O. The van der Waals surface area contributed by atoms with Crippen molar-refractivity contribution in [3.05, 3.63) is 71.3 Å². The Morgan fingerprint density at radius 3 is 2.03 bits per heavy atom. The van der Waals surface area contributed by atoms with Gasteiger partial charge in [-0.15, -0.1) is 0 Å². The van der Waals surface area contributed by atoms with Gasteiger partial charge in [-0.1, -0.05) is 36.5 Å². The molecule has 4 aliphatic rings. The van der Waals surface area contributed by atoms with Crippen molar-refractivity contribution in [1.29, 1.82) is 0 Å². The Balaban J connectivity index is 2.41. The molecule has 36 heavy (non-hydrogen) atoms. The molecule has 0 radical (unpaired) electrons. The summed E-state index contributed by atoms with van der Waals surface area (Å²) in [6.07, 6.45) is 12.0. The number of hydrogen-bond acceptors (Lipinski definition) is 8. The number of esters is 1. The summed E-state index contributed by atoms with van der Waals surface area (Å²) in [5, 5.41) is 33.5. The van der Waals surface area contributed by atoms with Crippen LogP contribution in [0.3, 0.4) is 0 Å². The number of rotatable bonds is 6. The molecule has 3 fully saturated rings. The zero-order valence-electron chi connectivity index (χ0n) is 21.2. The zero-order valence-corrected chi connectivity index (χ0v) is 21.2. The van der Waals surface area contributed by atoms with E-state index >= 15 is 0 Å². The van der Waals surface area contributed by atoms with Crippen molar-refractivity contribution in [2.24, 2.45) is 23.2 Å². The van der Waals surface area contributed by atoms with Crippen molar-refractivity contribution in [3.8, 4) is 0 Å². The van der Waals surface area contributed by atoms with Crippen molar-refractivity contribution < 1.29 is 39.2 Å². The monoisotopic (exact) mass is 496 g/mol. The maximum absolute atomic E-state index is 13.8. The fourth-order valence-corrected chi connectivity index (χ4v) is 5.93. The Bertz CT molecular complexity index is 1210. The summed E-state index contributed by atoms with van der Waals surface area (Å²) in [7, 11) is 0. The Hall–Kier alpha value is -3.52. The number of fused-ring (bicyclic) bond motifs is 3. The minimum atomic E-state index is -2.22. The molecule has 0 aromatic rings. The molecule has 3 aliphatic carbocycles. The van der Waals surface area contributed by atoms with E-state index in [1.165, 1.54) is 52.0 Å². The van der Waals surface area contributed by atoms with Crippen LogP contribution in [-0.4, -0.2) is 49.8 Å². The van der Waals surface area contributed by atoms with Crippen molar-refractivity contribution in [2.45, 2.75) is 52.7 Å². The van der Waals surface area contributed by atoms with Crippen LogP contribution in [0.4, 0.5) is 0 Å². The highest BCUT2D eigenvalue weighted by Gasteiger charge is 2.77. The highest BCUT2D eigenvalue weighted by Crippen LogP contribution is 2.64. The molecule has 3 saturated carbocycles. The van der Waals surface area contributed by atoms with E-state index in [-0.39, 0.29) is 11.1 Å². The van der Waals surface area contributed by atoms with E-state index in [0.717, 1.165) is 0 Å². The summed E-state index contributed by atoms with van der Waals surface area (Å²) in [6, 6.07) is 0. The number of carbonyl (C=O) groups excluding carboxylic acids is 4. The number of Topliss-reactive ketones (excluding diaryl/α,β-unsaturated/α-hetero) is 2. The second-order valence-electron chi connectivity index (χ2n) is 9.93. The first kappa shape index (κ1) is 27.1. The summed E-state index contributed by atoms with van der Waals surface area (Å²) in [4.78, 5) is 53.5. The van der Waals surface area contributed by atoms with Crippen molar-refractivity contribution in [2.75, 3.05) is 0 Å². The van der Waals surface area contributed by atoms with Crippen molar-refractivity contribution >= 4 is 23.3 Å². The van der Waals surface area contributed by atoms with E-state index in [2.05, 4.69) is 0 Å². The molecule has 0 spiro atoms. The van der Waals surface area contributed by atoms with Crippen LogP contribution in [0.2, 0.25) is 0 Å². The first-order chi connectivity index (χ1) is 16.7. The van der Waals surface area contributed by atoms with Gasteiger partial charge in [0.15, 0.2) is 23.0 Å². The lowest BCUT2D eigenvalue weighted by Crippen LogP contribution is -2.75. The summed E-state index contributed by atoms with van der Waals surface area (Å²) in [6.45, 7) is 8.72. The van der Waals surface area contributed by atoms with Crippen LogP contribution < -0.4 is 0 Å². The van der Waals surface area contributed by atoms with Crippen LogP contribution in [0.5, 0.6) is 0 Å². The number of carbonyl (C=O) groups is 4. The summed E-state index contributed by atoms with van der Waals surface area (Å²) in [5.74, 6) is -8.17.